The van der Waals surface area contributed by atoms with Gasteiger partial charge in [0.05, 0.1) is 0 Å². The Kier molecular flexibility index (Phi) is 5.84. The standard InChI is InChI=1S/C14H20INO5S/c1-3-14(4-2)20-12(9-16-22(17,18)19)13(21-14)10-7-5-6-8-11(10)15/h5-8,12-13,16H,3-4,9H2,1-2H3,(H,17,18,19)/t12-,13-/m1/s1. The molecule has 6 nitrogen and oxygen atoms in total. The van der Waals surface area contributed by atoms with Crippen LogP contribution in [-0.2, 0) is 19.8 Å². The van der Waals surface area contributed by atoms with E-state index < -0.39 is 22.2 Å². The van der Waals surface area contributed by atoms with Crippen LogP contribution in [0.2, 0.25) is 0 Å². The summed E-state index contributed by atoms with van der Waals surface area (Å²) < 4.78 is 46.0. The molecule has 2 atom stereocenters. The summed E-state index contributed by atoms with van der Waals surface area (Å²) in [6.07, 6.45) is 0.428. The molecule has 1 fully saturated rings. The lowest BCUT2D eigenvalue weighted by Crippen LogP contribution is -2.36. The van der Waals surface area contributed by atoms with Gasteiger partial charge in [-0.05, 0) is 47.1 Å². The van der Waals surface area contributed by atoms with Crippen LogP contribution in [0.5, 0.6) is 0 Å². The van der Waals surface area contributed by atoms with Crippen molar-refractivity contribution in [1.29, 1.82) is 0 Å². The molecule has 0 aromatic heterocycles. The first-order valence-corrected chi connectivity index (χ1v) is 9.64. The van der Waals surface area contributed by atoms with E-state index in [1.165, 1.54) is 0 Å². The second-order valence-corrected chi connectivity index (χ2v) is 7.56. The Balaban J connectivity index is 2.29. The molecule has 0 saturated carbocycles. The van der Waals surface area contributed by atoms with Crippen molar-refractivity contribution in [3.8, 4) is 0 Å². The molecule has 0 radical (unpaired) electrons. The molecule has 1 aromatic rings. The Labute approximate surface area is 144 Å². The molecule has 0 aliphatic carbocycles. The predicted molar refractivity (Wildman–Crippen MR) is 90.7 cm³/mol. The van der Waals surface area contributed by atoms with Gasteiger partial charge in [0, 0.05) is 10.1 Å². The van der Waals surface area contributed by atoms with Crippen molar-refractivity contribution in [2.75, 3.05) is 6.54 Å². The Morgan fingerprint density at radius 3 is 2.45 bits per heavy atom. The number of rotatable bonds is 6. The molecule has 2 rings (SSSR count). The third-order valence-corrected chi connectivity index (χ3v) is 5.32. The fraction of sp³-hybridized carbons (Fsp3) is 0.571. The molecule has 0 amide bonds. The molecule has 0 spiro atoms. The van der Waals surface area contributed by atoms with Crippen molar-refractivity contribution < 1.29 is 22.4 Å². The van der Waals surface area contributed by atoms with E-state index in [2.05, 4.69) is 27.3 Å². The van der Waals surface area contributed by atoms with Crippen LogP contribution in [0.3, 0.4) is 0 Å². The van der Waals surface area contributed by atoms with Crippen LogP contribution < -0.4 is 4.72 Å². The van der Waals surface area contributed by atoms with Gasteiger partial charge in [-0.25, -0.2) is 0 Å². The number of ether oxygens (including phenoxy) is 2. The fourth-order valence-corrected chi connectivity index (χ4v) is 3.63. The highest BCUT2D eigenvalue weighted by atomic mass is 127. The summed E-state index contributed by atoms with van der Waals surface area (Å²) in [6, 6.07) is 7.74. The Hall–Kier alpha value is -0.260. The zero-order chi connectivity index (χ0) is 16.4. The lowest BCUT2D eigenvalue weighted by molar-refractivity contribution is -0.179. The smallest absolute Gasteiger partial charge is 0.333 e. The SMILES string of the molecule is CCC1(CC)O[C@H](c2ccccc2I)[C@@H](CNS(=O)(=O)O)O1. The molecule has 2 N–H and O–H groups in total. The summed E-state index contributed by atoms with van der Waals surface area (Å²) >= 11 is 2.22. The molecule has 1 aliphatic heterocycles. The van der Waals surface area contributed by atoms with Gasteiger partial charge in [0.25, 0.3) is 0 Å². The Morgan fingerprint density at radius 1 is 1.27 bits per heavy atom. The number of hydrogen-bond acceptors (Lipinski definition) is 4. The maximum absolute atomic E-state index is 10.9. The number of benzene rings is 1. The predicted octanol–water partition coefficient (Wildman–Crippen LogP) is 2.66. The van der Waals surface area contributed by atoms with Crippen LogP contribution in [0.4, 0.5) is 0 Å². The van der Waals surface area contributed by atoms with Crippen LogP contribution in [0.1, 0.15) is 38.4 Å². The van der Waals surface area contributed by atoms with Gasteiger partial charge in [-0.1, -0.05) is 32.0 Å². The van der Waals surface area contributed by atoms with E-state index in [1.807, 2.05) is 38.1 Å². The molecule has 1 aromatic carbocycles. The van der Waals surface area contributed by atoms with Crippen LogP contribution in [-0.4, -0.2) is 31.4 Å². The first kappa shape index (κ1) is 18.1. The van der Waals surface area contributed by atoms with Gasteiger partial charge in [-0.2, -0.15) is 13.1 Å². The molecule has 1 aliphatic rings. The van der Waals surface area contributed by atoms with Crippen LogP contribution in [0.25, 0.3) is 0 Å². The maximum Gasteiger partial charge on any atom is 0.333 e. The van der Waals surface area contributed by atoms with Crippen molar-refractivity contribution in [2.24, 2.45) is 0 Å². The zero-order valence-corrected chi connectivity index (χ0v) is 15.4. The molecule has 124 valence electrons. The summed E-state index contributed by atoms with van der Waals surface area (Å²) in [4.78, 5) is 0. The summed E-state index contributed by atoms with van der Waals surface area (Å²) in [5.41, 5.74) is 0.953. The molecule has 22 heavy (non-hydrogen) atoms. The summed E-state index contributed by atoms with van der Waals surface area (Å²) in [5, 5.41) is 0. The van der Waals surface area contributed by atoms with E-state index >= 15 is 0 Å². The molecular weight excluding hydrogens is 421 g/mol. The third-order valence-electron chi connectivity index (χ3n) is 3.80. The van der Waals surface area contributed by atoms with Gasteiger partial charge in [0.2, 0.25) is 0 Å². The molecule has 8 heteroatoms. The fourth-order valence-electron chi connectivity index (χ4n) is 2.56. The van der Waals surface area contributed by atoms with Crippen molar-refractivity contribution in [3.05, 3.63) is 33.4 Å². The van der Waals surface area contributed by atoms with Crippen molar-refractivity contribution >= 4 is 32.9 Å². The minimum Gasteiger partial charge on any atom is -0.342 e. The summed E-state index contributed by atoms with van der Waals surface area (Å²) in [5.74, 6) is -0.727. The normalized spacial score (nSPS) is 24.5. The molecule has 1 saturated heterocycles. The zero-order valence-electron chi connectivity index (χ0n) is 12.5. The summed E-state index contributed by atoms with van der Waals surface area (Å²) in [7, 11) is -4.27. The highest BCUT2D eigenvalue weighted by Crippen LogP contribution is 2.43. The minimum atomic E-state index is -4.27. The van der Waals surface area contributed by atoms with Crippen molar-refractivity contribution in [1.82, 2.24) is 4.72 Å². The second-order valence-electron chi connectivity index (χ2n) is 5.16. The molecule has 0 bridgehead atoms. The van der Waals surface area contributed by atoms with Gasteiger partial charge >= 0.3 is 10.3 Å². The lowest BCUT2D eigenvalue weighted by Gasteiger charge is -2.25. The number of nitrogens with one attached hydrogen (secondary N) is 1. The van der Waals surface area contributed by atoms with Gasteiger partial charge in [0.15, 0.2) is 5.79 Å². The van der Waals surface area contributed by atoms with Crippen LogP contribution >= 0.6 is 22.6 Å². The third kappa shape index (κ3) is 4.18. The largest absolute Gasteiger partial charge is 0.342 e. The van der Waals surface area contributed by atoms with Gasteiger partial charge < -0.3 is 9.47 Å². The van der Waals surface area contributed by atoms with E-state index in [1.54, 1.807) is 0 Å². The highest BCUT2D eigenvalue weighted by Gasteiger charge is 2.46. The van der Waals surface area contributed by atoms with Crippen LogP contribution in [0, 0.1) is 3.57 Å². The molecular formula is C14H20INO5S. The highest BCUT2D eigenvalue weighted by molar-refractivity contribution is 14.1. The average molecular weight is 441 g/mol. The number of hydrogen-bond donors (Lipinski definition) is 2. The van der Waals surface area contributed by atoms with E-state index in [0.29, 0.717) is 12.8 Å². The van der Waals surface area contributed by atoms with E-state index in [-0.39, 0.29) is 12.6 Å². The monoisotopic (exact) mass is 441 g/mol. The van der Waals surface area contributed by atoms with Gasteiger partial charge in [-0.3, -0.25) is 4.55 Å². The lowest BCUT2D eigenvalue weighted by atomic mass is 10.0. The van der Waals surface area contributed by atoms with Crippen molar-refractivity contribution in [3.63, 3.8) is 0 Å². The van der Waals surface area contributed by atoms with E-state index in [4.69, 9.17) is 14.0 Å². The van der Waals surface area contributed by atoms with Crippen LogP contribution in [0.15, 0.2) is 24.3 Å². The minimum absolute atomic E-state index is 0.0454. The second kappa shape index (κ2) is 7.10. The molecule has 0 unspecified atom stereocenters. The van der Waals surface area contributed by atoms with Gasteiger partial charge in [0.1, 0.15) is 12.2 Å². The average Bonchev–Trinajstić information content (AvgIpc) is 2.85. The van der Waals surface area contributed by atoms with E-state index in [9.17, 15) is 8.42 Å². The maximum atomic E-state index is 10.9. The van der Waals surface area contributed by atoms with E-state index in [0.717, 1.165) is 9.13 Å². The Morgan fingerprint density at radius 2 is 1.91 bits per heavy atom. The van der Waals surface area contributed by atoms with Gasteiger partial charge in [-0.15, -0.1) is 0 Å². The number of halogens is 1. The Bertz CT molecular complexity index is 617. The summed E-state index contributed by atoms with van der Waals surface area (Å²) in [6.45, 7) is 3.89. The molecule has 1 heterocycles. The first-order valence-electron chi connectivity index (χ1n) is 7.12. The quantitative estimate of drug-likeness (QED) is 0.524. The topological polar surface area (TPSA) is 84.9 Å². The first-order chi connectivity index (χ1) is 10.3. The van der Waals surface area contributed by atoms with Crippen molar-refractivity contribution in [2.45, 2.75) is 44.7 Å².